The van der Waals surface area contributed by atoms with Crippen molar-refractivity contribution in [2.45, 2.75) is 24.3 Å². The fraction of sp³-hybridized carbons (Fsp3) is 0.400. The summed E-state index contributed by atoms with van der Waals surface area (Å²) in [5.41, 5.74) is 5.61. The summed E-state index contributed by atoms with van der Waals surface area (Å²) in [6.07, 6.45) is 0.390. The van der Waals surface area contributed by atoms with Crippen molar-refractivity contribution in [3.05, 3.63) is 22.4 Å². The first kappa shape index (κ1) is 15.4. The zero-order valence-corrected chi connectivity index (χ0v) is 12.1. The molecule has 0 saturated carbocycles. The molecule has 0 radical (unpaired) electrons. The molecule has 0 spiro atoms. The van der Waals surface area contributed by atoms with Crippen LogP contribution >= 0.6 is 15.9 Å². The third-order valence-corrected chi connectivity index (χ3v) is 4.44. The first-order chi connectivity index (χ1) is 8.31. The maximum absolute atomic E-state index is 13.8. The van der Waals surface area contributed by atoms with Crippen LogP contribution in [0, 0.1) is 5.82 Å². The van der Waals surface area contributed by atoms with E-state index < -0.39 is 26.8 Å². The number of anilines is 1. The maximum Gasteiger partial charge on any atom is 0.243 e. The molecule has 0 saturated heterocycles. The smallest absolute Gasteiger partial charge is 0.243 e. The lowest BCUT2D eigenvalue weighted by Crippen LogP contribution is -2.37. The van der Waals surface area contributed by atoms with Gasteiger partial charge in [-0.1, -0.05) is 6.92 Å². The van der Waals surface area contributed by atoms with Crippen molar-refractivity contribution in [1.82, 2.24) is 4.72 Å². The lowest BCUT2D eigenvalue weighted by atomic mass is 10.3. The summed E-state index contributed by atoms with van der Waals surface area (Å²) in [4.78, 5) is -0.540. The second-order valence-corrected chi connectivity index (χ2v) is 6.26. The number of benzene rings is 1. The molecule has 0 amide bonds. The van der Waals surface area contributed by atoms with E-state index in [1.54, 1.807) is 6.92 Å². The molecule has 4 N–H and O–H groups in total. The van der Waals surface area contributed by atoms with Gasteiger partial charge in [-0.15, -0.1) is 0 Å². The molecule has 0 heterocycles. The first-order valence-corrected chi connectivity index (χ1v) is 7.47. The number of aliphatic hydroxyl groups is 1. The molecule has 1 aromatic carbocycles. The van der Waals surface area contributed by atoms with Crippen LogP contribution < -0.4 is 10.5 Å². The van der Waals surface area contributed by atoms with Crippen LogP contribution in [-0.2, 0) is 10.0 Å². The zero-order chi connectivity index (χ0) is 13.9. The van der Waals surface area contributed by atoms with Crippen LogP contribution in [0.1, 0.15) is 13.3 Å². The summed E-state index contributed by atoms with van der Waals surface area (Å²) in [6, 6.07) is 1.65. The predicted molar refractivity (Wildman–Crippen MR) is 70.0 cm³/mol. The molecule has 18 heavy (non-hydrogen) atoms. The molecule has 0 aromatic heterocycles. The van der Waals surface area contributed by atoms with E-state index in [1.165, 1.54) is 6.07 Å². The average Bonchev–Trinajstić information content (AvgIpc) is 2.30. The number of hydrogen-bond donors (Lipinski definition) is 3. The van der Waals surface area contributed by atoms with E-state index in [0.29, 0.717) is 6.42 Å². The Kier molecular flexibility index (Phi) is 5.09. The summed E-state index contributed by atoms with van der Waals surface area (Å²) in [5, 5.41) is 8.96. The molecule has 8 heteroatoms. The van der Waals surface area contributed by atoms with Gasteiger partial charge in [0.25, 0.3) is 0 Å². The van der Waals surface area contributed by atoms with E-state index in [2.05, 4.69) is 20.7 Å². The standard InChI is InChI=1S/C10H14BrFN2O3S/c1-2-7(5-15)14-18(16,17)9-4-6(13)3-8(11)10(9)12/h3-4,7,14-15H,2,5,13H2,1H3/t7-/m0/s1. The van der Waals surface area contributed by atoms with Crippen LogP contribution in [0.15, 0.2) is 21.5 Å². The largest absolute Gasteiger partial charge is 0.399 e. The number of nitrogens with one attached hydrogen (secondary N) is 1. The lowest BCUT2D eigenvalue weighted by Gasteiger charge is -2.15. The van der Waals surface area contributed by atoms with Crippen molar-refractivity contribution in [1.29, 1.82) is 0 Å². The highest BCUT2D eigenvalue weighted by molar-refractivity contribution is 9.10. The van der Waals surface area contributed by atoms with Crippen LogP contribution in [0.25, 0.3) is 0 Å². The monoisotopic (exact) mass is 340 g/mol. The highest BCUT2D eigenvalue weighted by Gasteiger charge is 2.24. The Bertz CT molecular complexity index is 532. The number of nitrogen functional groups attached to an aromatic ring is 1. The molecular formula is C10H14BrFN2O3S. The molecule has 1 rings (SSSR count). The molecule has 0 unspecified atom stereocenters. The van der Waals surface area contributed by atoms with Gasteiger partial charge >= 0.3 is 0 Å². The maximum atomic E-state index is 13.8. The minimum Gasteiger partial charge on any atom is -0.399 e. The van der Waals surface area contributed by atoms with Crippen LogP contribution in [0.3, 0.4) is 0 Å². The highest BCUT2D eigenvalue weighted by atomic mass is 79.9. The Morgan fingerprint density at radius 2 is 2.17 bits per heavy atom. The van der Waals surface area contributed by atoms with Gasteiger partial charge in [-0.25, -0.2) is 17.5 Å². The van der Waals surface area contributed by atoms with Crippen LogP contribution in [0.4, 0.5) is 10.1 Å². The molecule has 0 aliphatic rings. The minimum atomic E-state index is -4.05. The minimum absolute atomic E-state index is 0.0279. The molecule has 0 aliphatic carbocycles. The quantitative estimate of drug-likeness (QED) is 0.702. The van der Waals surface area contributed by atoms with Gasteiger partial charge in [0.05, 0.1) is 11.1 Å². The molecule has 1 aromatic rings. The van der Waals surface area contributed by atoms with E-state index in [-0.39, 0.29) is 16.8 Å². The van der Waals surface area contributed by atoms with Crippen molar-refractivity contribution in [2.24, 2.45) is 0 Å². The molecule has 102 valence electrons. The van der Waals surface area contributed by atoms with E-state index in [0.717, 1.165) is 6.07 Å². The number of nitrogens with two attached hydrogens (primary N) is 1. The Labute approximate surface area is 113 Å². The number of halogens is 2. The van der Waals surface area contributed by atoms with E-state index in [4.69, 9.17) is 10.8 Å². The molecule has 5 nitrogen and oxygen atoms in total. The average molecular weight is 341 g/mol. The van der Waals surface area contributed by atoms with Gasteiger partial charge in [0, 0.05) is 11.7 Å². The summed E-state index contributed by atoms with van der Waals surface area (Å²) < 4.78 is 39.8. The highest BCUT2D eigenvalue weighted by Crippen LogP contribution is 2.26. The lowest BCUT2D eigenvalue weighted by molar-refractivity contribution is 0.253. The second kappa shape index (κ2) is 5.96. The fourth-order valence-corrected chi connectivity index (χ4v) is 3.37. The molecule has 0 aliphatic heterocycles. The Hall–Kier alpha value is -0.700. The number of rotatable bonds is 5. The fourth-order valence-electron chi connectivity index (χ4n) is 1.31. The normalized spacial score (nSPS) is 13.6. The Morgan fingerprint density at radius 3 is 2.67 bits per heavy atom. The zero-order valence-electron chi connectivity index (χ0n) is 9.65. The number of hydrogen-bond acceptors (Lipinski definition) is 4. The van der Waals surface area contributed by atoms with E-state index in [9.17, 15) is 12.8 Å². The van der Waals surface area contributed by atoms with Gasteiger partial charge < -0.3 is 10.8 Å². The summed E-state index contributed by atoms with van der Waals surface area (Å²) in [5.74, 6) is -0.913. The Balaban J connectivity index is 3.20. The van der Waals surface area contributed by atoms with Crippen molar-refractivity contribution in [2.75, 3.05) is 12.3 Å². The van der Waals surface area contributed by atoms with E-state index >= 15 is 0 Å². The van der Waals surface area contributed by atoms with E-state index in [1.807, 2.05) is 0 Å². The van der Waals surface area contributed by atoms with Gasteiger partial charge in [-0.2, -0.15) is 0 Å². The van der Waals surface area contributed by atoms with Gasteiger partial charge in [0.15, 0.2) is 5.82 Å². The van der Waals surface area contributed by atoms with Gasteiger partial charge in [0.2, 0.25) is 10.0 Å². The summed E-state index contributed by atoms with van der Waals surface area (Å²) in [6.45, 7) is 1.34. The molecular weight excluding hydrogens is 327 g/mol. The van der Waals surface area contributed by atoms with Crippen LogP contribution in [0.2, 0.25) is 0 Å². The molecule has 0 fully saturated rings. The van der Waals surface area contributed by atoms with Crippen molar-refractivity contribution < 1.29 is 17.9 Å². The van der Waals surface area contributed by atoms with Crippen molar-refractivity contribution >= 4 is 31.6 Å². The van der Waals surface area contributed by atoms with Crippen molar-refractivity contribution in [3.63, 3.8) is 0 Å². The van der Waals surface area contributed by atoms with Crippen molar-refractivity contribution in [3.8, 4) is 0 Å². The van der Waals surface area contributed by atoms with Crippen LogP contribution in [0.5, 0.6) is 0 Å². The molecule has 0 bridgehead atoms. The first-order valence-electron chi connectivity index (χ1n) is 5.19. The topological polar surface area (TPSA) is 92.4 Å². The van der Waals surface area contributed by atoms with Crippen LogP contribution in [-0.4, -0.2) is 26.2 Å². The van der Waals surface area contributed by atoms with Gasteiger partial charge in [-0.3, -0.25) is 0 Å². The third kappa shape index (κ3) is 3.41. The summed E-state index contributed by atoms with van der Waals surface area (Å²) >= 11 is 2.89. The van der Waals surface area contributed by atoms with Gasteiger partial charge in [0.1, 0.15) is 4.90 Å². The number of aliphatic hydroxyl groups excluding tert-OH is 1. The van der Waals surface area contributed by atoms with Gasteiger partial charge in [-0.05, 0) is 34.5 Å². The third-order valence-electron chi connectivity index (χ3n) is 2.34. The predicted octanol–water partition coefficient (Wildman–Crippen LogP) is 1.22. The second-order valence-electron chi connectivity index (χ2n) is 3.72. The Morgan fingerprint density at radius 1 is 1.56 bits per heavy atom. The SMILES string of the molecule is CC[C@@H](CO)NS(=O)(=O)c1cc(N)cc(Br)c1F. The summed E-state index contributed by atoms with van der Waals surface area (Å²) in [7, 11) is -4.05. The number of sulfonamides is 1. The molecule has 1 atom stereocenters.